The Morgan fingerprint density at radius 3 is 2.68 bits per heavy atom. The molecule has 0 bridgehead atoms. The van der Waals surface area contributed by atoms with Gasteiger partial charge in [-0.2, -0.15) is 0 Å². The molecule has 0 atom stereocenters. The topological polar surface area (TPSA) is 62.5 Å². The summed E-state index contributed by atoms with van der Waals surface area (Å²) in [7, 11) is 3.80. The third-order valence-corrected chi connectivity index (χ3v) is 4.63. The number of hydrogen-bond acceptors (Lipinski definition) is 5. The molecule has 1 aromatic rings. The first-order valence-electron chi connectivity index (χ1n) is 6.53. The van der Waals surface area contributed by atoms with Crippen LogP contribution in [0.5, 0.6) is 0 Å². The first kappa shape index (κ1) is 14.1. The third kappa shape index (κ3) is 3.00. The van der Waals surface area contributed by atoms with Crippen LogP contribution in [-0.2, 0) is 0 Å². The lowest BCUT2D eigenvalue weighted by atomic mass is 9.84. The van der Waals surface area contributed by atoms with E-state index >= 15 is 0 Å². The zero-order valence-electron chi connectivity index (χ0n) is 12.1. The Hall–Kier alpha value is -1.30. The zero-order chi connectivity index (χ0) is 14.2. The van der Waals surface area contributed by atoms with Gasteiger partial charge in [0.2, 0.25) is 0 Å². The molecular formula is C13H22N4OS. The Labute approximate surface area is 118 Å². The highest BCUT2D eigenvalue weighted by molar-refractivity contribution is 7.18. The minimum absolute atomic E-state index is 0.0240. The van der Waals surface area contributed by atoms with Crippen LogP contribution >= 0.6 is 11.3 Å². The number of likely N-dealkylation sites (tertiary alicyclic amines) is 1. The van der Waals surface area contributed by atoms with Crippen molar-refractivity contribution >= 4 is 28.2 Å². The number of carbonyl (C=O) groups is 1. The van der Waals surface area contributed by atoms with Gasteiger partial charge in [-0.05, 0) is 18.3 Å². The lowest BCUT2D eigenvalue weighted by Crippen LogP contribution is -2.43. The number of thiazole rings is 1. The summed E-state index contributed by atoms with van der Waals surface area (Å²) in [5.74, 6) is 0.373. The second-order valence-corrected chi connectivity index (χ2v) is 7.08. The van der Waals surface area contributed by atoms with Crippen LogP contribution in [0.15, 0.2) is 0 Å². The molecule has 0 radical (unpaired) electrons. The van der Waals surface area contributed by atoms with Crippen LogP contribution < -0.4 is 10.6 Å². The number of nitrogens with zero attached hydrogens (tertiary/aromatic N) is 3. The van der Waals surface area contributed by atoms with Crippen LogP contribution in [0.2, 0.25) is 0 Å². The van der Waals surface area contributed by atoms with Crippen molar-refractivity contribution in [1.29, 1.82) is 0 Å². The number of amides is 1. The van der Waals surface area contributed by atoms with E-state index in [2.05, 4.69) is 18.8 Å². The Kier molecular flexibility index (Phi) is 3.71. The van der Waals surface area contributed by atoms with Crippen LogP contribution in [0.3, 0.4) is 0 Å². The smallest absolute Gasteiger partial charge is 0.267 e. The summed E-state index contributed by atoms with van der Waals surface area (Å²) in [6, 6.07) is 0. The molecule has 19 heavy (non-hydrogen) atoms. The molecular weight excluding hydrogens is 260 g/mol. The number of nitrogens with two attached hydrogens (primary N) is 1. The fourth-order valence-corrected chi connectivity index (χ4v) is 3.28. The van der Waals surface area contributed by atoms with Crippen LogP contribution in [0.25, 0.3) is 0 Å². The average Bonchev–Trinajstić information content (AvgIpc) is 2.69. The molecule has 1 aromatic heterocycles. The van der Waals surface area contributed by atoms with Gasteiger partial charge in [0.15, 0.2) is 5.13 Å². The molecule has 5 nitrogen and oxygen atoms in total. The molecule has 1 saturated heterocycles. The van der Waals surface area contributed by atoms with E-state index in [1.165, 1.54) is 11.3 Å². The van der Waals surface area contributed by atoms with Gasteiger partial charge in [-0.1, -0.05) is 25.2 Å². The maximum Gasteiger partial charge on any atom is 0.267 e. The predicted molar refractivity (Wildman–Crippen MR) is 79.8 cm³/mol. The fourth-order valence-electron chi connectivity index (χ4n) is 2.40. The Morgan fingerprint density at radius 2 is 2.16 bits per heavy atom. The predicted octanol–water partition coefficient (Wildman–Crippen LogP) is 2.05. The third-order valence-electron chi connectivity index (χ3n) is 3.41. The zero-order valence-corrected chi connectivity index (χ0v) is 12.9. The molecule has 1 fully saturated rings. The highest BCUT2D eigenvalue weighted by Gasteiger charge is 2.31. The first-order chi connectivity index (χ1) is 8.80. The summed E-state index contributed by atoms with van der Waals surface area (Å²) in [6.07, 6.45) is 2.22. The van der Waals surface area contributed by atoms with Crippen molar-refractivity contribution in [2.24, 2.45) is 5.41 Å². The molecule has 0 unspecified atom stereocenters. The normalized spacial score (nSPS) is 18.4. The van der Waals surface area contributed by atoms with E-state index in [0.717, 1.165) is 31.1 Å². The molecule has 2 N–H and O–H groups in total. The standard InChI is InChI=1S/C13H22N4OS/c1-13(2)6-5-7-17(8-13)11(18)9-10(14)15-12(19-9)16(3)4/h5-8,14H2,1-4H3. The van der Waals surface area contributed by atoms with Crippen LogP contribution in [-0.4, -0.2) is 43.0 Å². The Bertz CT molecular complexity index is 481. The molecule has 6 heteroatoms. The molecule has 0 aliphatic carbocycles. The van der Waals surface area contributed by atoms with Crippen molar-refractivity contribution in [1.82, 2.24) is 9.88 Å². The number of nitrogen functional groups attached to an aromatic ring is 1. The van der Waals surface area contributed by atoms with Gasteiger partial charge in [-0.25, -0.2) is 4.98 Å². The number of carbonyl (C=O) groups excluding carboxylic acids is 1. The molecule has 1 aliphatic rings. The largest absolute Gasteiger partial charge is 0.382 e. The van der Waals surface area contributed by atoms with Crippen molar-refractivity contribution in [3.8, 4) is 0 Å². The molecule has 0 aromatic carbocycles. The summed E-state index contributed by atoms with van der Waals surface area (Å²) in [5, 5.41) is 0.775. The van der Waals surface area contributed by atoms with Crippen LogP contribution in [0.1, 0.15) is 36.4 Å². The van der Waals surface area contributed by atoms with Gasteiger partial charge in [-0.3, -0.25) is 4.79 Å². The minimum atomic E-state index is 0.0240. The van der Waals surface area contributed by atoms with Gasteiger partial charge < -0.3 is 15.5 Å². The number of aromatic nitrogens is 1. The van der Waals surface area contributed by atoms with Gasteiger partial charge in [0.05, 0.1) is 0 Å². The van der Waals surface area contributed by atoms with E-state index in [4.69, 9.17) is 5.73 Å². The molecule has 0 spiro atoms. The Balaban J connectivity index is 2.19. The van der Waals surface area contributed by atoms with Crippen molar-refractivity contribution in [2.75, 3.05) is 37.8 Å². The van der Waals surface area contributed by atoms with Gasteiger partial charge in [0.25, 0.3) is 5.91 Å². The van der Waals surface area contributed by atoms with Gasteiger partial charge in [0.1, 0.15) is 10.7 Å². The van der Waals surface area contributed by atoms with Crippen molar-refractivity contribution < 1.29 is 4.79 Å². The summed E-state index contributed by atoms with van der Waals surface area (Å²) in [6.45, 7) is 6.01. The summed E-state index contributed by atoms with van der Waals surface area (Å²) < 4.78 is 0. The SMILES string of the molecule is CN(C)c1nc(N)c(C(=O)N2CCCC(C)(C)C2)s1. The monoisotopic (exact) mass is 282 g/mol. The summed E-state index contributed by atoms with van der Waals surface area (Å²) in [4.78, 5) is 21.1. The van der Waals surface area contributed by atoms with Crippen molar-refractivity contribution in [3.63, 3.8) is 0 Å². The molecule has 1 aliphatic heterocycles. The van der Waals surface area contributed by atoms with Gasteiger partial charge in [-0.15, -0.1) is 0 Å². The number of anilines is 2. The highest BCUT2D eigenvalue weighted by atomic mass is 32.1. The second kappa shape index (κ2) is 5.00. The number of rotatable bonds is 2. The molecule has 2 heterocycles. The summed E-state index contributed by atoms with van der Waals surface area (Å²) in [5.41, 5.74) is 6.07. The summed E-state index contributed by atoms with van der Waals surface area (Å²) >= 11 is 1.37. The van der Waals surface area contributed by atoms with Crippen LogP contribution in [0.4, 0.5) is 10.9 Å². The number of hydrogen-bond donors (Lipinski definition) is 1. The average molecular weight is 282 g/mol. The van der Waals surface area contributed by atoms with E-state index in [1.807, 2.05) is 23.9 Å². The first-order valence-corrected chi connectivity index (χ1v) is 7.35. The van der Waals surface area contributed by atoms with E-state index in [0.29, 0.717) is 10.7 Å². The second-order valence-electron chi connectivity index (χ2n) is 6.10. The molecule has 2 rings (SSSR count). The molecule has 0 saturated carbocycles. The fraction of sp³-hybridized carbons (Fsp3) is 0.692. The van der Waals surface area contributed by atoms with Crippen molar-refractivity contribution in [2.45, 2.75) is 26.7 Å². The van der Waals surface area contributed by atoms with Crippen molar-refractivity contribution in [3.05, 3.63) is 4.88 Å². The van der Waals surface area contributed by atoms with Gasteiger partial charge >= 0.3 is 0 Å². The molecule has 106 valence electrons. The lowest BCUT2D eigenvalue weighted by molar-refractivity contribution is 0.0589. The van der Waals surface area contributed by atoms with Crippen LogP contribution in [0, 0.1) is 5.41 Å². The van der Waals surface area contributed by atoms with E-state index < -0.39 is 0 Å². The van der Waals surface area contributed by atoms with E-state index in [1.54, 1.807) is 0 Å². The van der Waals surface area contributed by atoms with E-state index in [9.17, 15) is 4.79 Å². The Morgan fingerprint density at radius 1 is 1.47 bits per heavy atom. The maximum absolute atomic E-state index is 12.5. The van der Waals surface area contributed by atoms with Gasteiger partial charge in [0, 0.05) is 27.2 Å². The number of piperidine rings is 1. The molecule has 1 amide bonds. The minimum Gasteiger partial charge on any atom is -0.382 e. The van der Waals surface area contributed by atoms with E-state index in [-0.39, 0.29) is 11.3 Å². The maximum atomic E-state index is 12.5. The highest BCUT2D eigenvalue weighted by Crippen LogP contribution is 2.32. The lowest BCUT2D eigenvalue weighted by Gasteiger charge is -2.37. The quantitative estimate of drug-likeness (QED) is 0.902.